The van der Waals surface area contributed by atoms with Crippen molar-refractivity contribution in [3.8, 4) is 0 Å². The lowest BCUT2D eigenvalue weighted by Crippen LogP contribution is -2.49. The molecule has 11 heavy (non-hydrogen) atoms. The van der Waals surface area contributed by atoms with Crippen molar-refractivity contribution < 1.29 is 20.4 Å². The van der Waals surface area contributed by atoms with Crippen LogP contribution in [0.15, 0.2) is 0 Å². The number of thioether (sulfide) groups is 1. The van der Waals surface area contributed by atoms with Crippen molar-refractivity contribution in [2.24, 2.45) is 0 Å². The third-order valence-electron chi connectivity index (χ3n) is 1.79. The van der Waals surface area contributed by atoms with E-state index in [1.807, 2.05) is 0 Å². The standard InChI is InChI=1S/C6H12O4S/c7-1-4-6(10)5(9)3(8)2-11-4/h3-10H,1-2H2/t3-,4-,5-,6+/m1/s1. The van der Waals surface area contributed by atoms with Gasteiger partial charge in [-0.2, -0.15) is 11.8 Å². The number of aliphatic hydroxyl groups excluding tert-OH is 4. The molecule has 4 nitrogen and oxygen atoms in total. The molecule has 0 spiro atoms. The summed E-state index contributed by atoms with van der Waals surface area (Å²) in [4.78, 5) is 0. The van der Waals surface area contributed by atoms with Gasteiger partial charge in [0.1, 0.15) is 6.10 Å². The molecular formula is C6H12O4S. The highest BCUT2D eigenvalue weighted by Crippen LogP contribution is 2.25. The predicted molar refractivity (Wildman–Crippen MR) is 41.4 cm³/mol. The molecule has 0 bridgehead atoms. The van der Waals surface area contributed by atoms with Gasteiger partial charge in [0.05, 0.1) is 24.1 Å². The van der Waals surface area contributed by atoms with Crippen molar-refractivity contribution in [1.82, 2.24) is 0 Å². The van der Waals surface area contributed by atoms with E-state index in [9.17, 15) is 5.11 Å². The van der Waals surface area contributed by atoms with Gasteiger partial charge in [0.15, 0.2) is 0 Å². The predicted octanol–water partition coefficient (Wildman–Crippen LogP) is -1.82. The molecule has 66 valence electrons. The fourth-order valence-corrected chi connectivity index (χ4v) is 2.13. The van der Waals surface area contributed by atoms with Crippen molar-refractivity contribution in [3.05, 3.63) is 0 Å². The van der Waals surface area contributed by atoms with E-state index in [2.05, 4.69) is 0 Å². The maximum atomic E-state index is 9.22. The van der Waals surface area contributed by atoms with Crippen molar-refractivity contribution >= 4 is 11.8 Å². The first kappa shape index (κ1) is 9.28. The first-order chi connectivity index (χ1) is 5.16. The Hall–Kier alpha value is 0.190. The van der Waals surface area contributed by atoms with Crippen LogP contribution in [0.3, 0.4) is 0 Å². The van der Waals surface area contributed by atoms with Crippen LogP contribution in [-0.4, -0.2) is 56.3 Å². The molecule has 0 radical (unpaired) electrons. The Morgan fingerprint density at radius 1 is 1.18 bits per heavy atom. The second kappa shape index (κ2) is 3.73. The van der Waals surface area contributed by atoms with E-state index >= 15 is 0 Å². The third kappa shape index (κ3) is 1.86. The molecule has 1 fully saturated rings. The summed E-state index contributed by atoms with van der Waals surface area (Å²) in [6, 6.07) is 0. The number of rotatable bonds is 1. The van der Waals surface area contributed by atoms with Crippen LogP contribution in [0.2, 0.25) is 0 Å². The van der Waals surface area contributed by atoms with E-state index in [1.54, 1.807) is 0 Å². The summed E-state index contributed by atoms with van der Waals surface area (Å²) < 4.78 is 0. The van der Waals surface area contributed by atoms with Gasteiger partial charge in [-0.15, -0.1) is 0 Å². The first-order valence-corrected chi connectivity index (χ1v) is 4.48. The highest BCUT2D eigenvalue weighted by molar-refractivity contribution is 8.00. The largest absolute Gasteiger partial charge is 0.395 e. The Labute approximate surface area is 68.9 Å². The molecule has 0 unspecified atom stereocenters. The highest BCUT2D eigenvalue weighted by Gasteiger charge is 2.36. The van der Waals surface area contributed by atoms with Crippen LogP contribution >= 0.6 is 11.8 Å². The van der Waals surface area contributed by atoms with Gasteiger partial charge in [-0.05, 0) is 0 Å². The van der Waals surface area contributed by atoms with Crippen molar-refractivity contribution in [2.75, 3.05) is 12.4 Å². The quantitative estimate of drug-likeness (QED) is 0.382. The molecule has 4 N–H and O–H groups in total. The summed E-state index contributed by atoms with van der Waals surface area (Å²) in [6.07, 6.45) is -3.01. The van der Waals surface area contributed by atoms with Crippen molar-refractivity contribution in [1.29, 1.82) is 0 Å². The van der Waals surface area contributed by atoms with Gasteiger partial charge in [-0.25, -0.2) is 0 Å². The summed E-state index contributed by atoms with van der Waals surface area (Å²) in [7, 11) is 0. The molecule has 1 aliphatic heterocycles. The first-order valence-electron chi connectivity index (χ1n) is 3.43. The fourth-order valence-electron chi connectivity index (χ4n) is 1.03. The molecule has 0 aromatic heterocycles. The van der Waals surface area contributed by atoms with E-state index in [1.165, 1.54) is 11.8 Å². The van der Waals surface area contributed by atoms with Gasteiger partial charge in [-0.3, -0.25) is 0 Å². The van der Waals surface area contributed by atoms with Crippen LogP contribution in [-0.2, 0) is 0 Å². The molecule has 0 aromatic rings. The zero-order valence-corrected chi connectivity index (χ0v) is 6.74. The molecule has 1 rings (SSSR count). The van der Waals surface area contributed by atoms with Gasteiger partial charge in [0.2, 0.25) is 0 Å². The van der Waals surface area contributed by atoms with E-state index in [0.29, 0.717) is 5.75 Å². The summed E-state index contributed by atoms with van der Waals surface area (Å²) in [6.45, 7) is -0.171. The molecule has 0 saturated carbocycles. The maximum absolute atomic E-state index is 9.22. The Morgan fingerprint density at radius 2 is 1.82 bits per heavy atom. The van der Waals surface area contributed by atoms with Gasteiger partial charge in [-0.1, -0.05) is 0 Å². The van der Waals surface area contributed by atoms with Gasteiger partial charge < -0.3 is 20.4 Å². The lowest BCUT2D eigenvalue weighted by atomic mass is 10.1. The average molecular weight is 180 g/mol. The molecule has 0 aliphatic carbocycles. The summed E-state index contributed by atoms with van der Waals surface area (Å²) in [5.41, 5.74) is 0. The van der Waals surface area contributed by atoms with E-state index in [-0.39, 0.29) is 11.9 Å². The van der Waals surface area contributed by atoms with Gasteiger partial charge in [0.25, 0.3) is 0 Å². The lowest BCUT2D eigenvalue weighted by Gasteiger charge is -2.33. The zero-order valence-electron chi connectivity index (χ0n) is 5.92. The molecule has 1 saturated heterocycles. The molecule has 1 aliphatic rings. The van der Waals surface area contributed by atoms with E-state index < -0.39 is 18.3 Å². The molecule has 5 heteroatoms. The zero-order chi connectivity index (χ0) is 8.43. The Balaban J connectivity index is 2.52. The fraction of sp³-hybridized carbons (Fsp3) is 1.00. The number of aliphatic hydroxyl groups is 4. The minimum atomic E-state index is -1.12. The van der Waals surface area contributed by atoms with Crippen molar-refractivity contribution in [2.45, 2.75) is 23.6 Å². The molecular weight excluding hydrogens is 168 g/mol. The van der Waals surface area contributed by atoms with Crippen molar-refractivity contribution in [3.63, 3.8) is 0 Å². The second-order valence-corrected chi connectivity index (χ2v) is 3.88. The van der Waals surface area contributed by atoms with Gasteiger partial charge in [0, 0.05) is 5.75 Å². The Kier molecular flexibility index (Phi) is 3.15. The van der Waals surface area contributed by atoms with Crippen LogP contribution in [0.4, 0.5) is 0 Å². The minimum Gasteiger partial charge on any atom is -0.395 e. The normalized spacial score (nSPS) is 45.8. The van der Waals surface area contributed by atoms with E-state index in [4.69, 9.17) is 15.3 Å². The van der Waals surface area contributed by atoms with Crippen LogP contribution in [0.1, 0.15) is 0 Å². The molecule has 4 atom stereocenters. The van der Waals surface area contributed by atoms with Crippen LogP contribution in [0.25, 0.3) is 0 Å². The Morgan fingerprint density at radius 3 is 2.36 bits per heavy atom. The topological polar surface area (TPSA) is 80.9 Å². The molecule has 0 aromatic carbocycles. The van der Waals surface area contributed by atoms with Crippen LogP contribution < -0.4 is 0 Å². The summed E-state index contributed by atoms with van der Waals surface area (Å²) in [5, 5.41) is 35.7. The monoisotopic (exact) mass is 180 g/mol. The smallest absolute Gasteiger partial charge is 0.108 e. The maximum Gasteiger partial charge on any atom is 0.108 e. The van der Waals surface area contributed by atoms with Crippen LogP contribution in [0.5, 0.6) is 0 Å². The second-order valence-electron chi connectivity index (χ2n) is 2.60. The van der Waals surface area contributed by atoms with Gasteiger partial charge >= 0.3 is 0 Å². The molecule has 0 amide bonds. The average Bonchev–Trinajstić information content (AvgIpc) is 2.01. The summed E-state index contributed by atoms with van der Waals surface area (Å²) >= 11 is 1.27. The van der Waals surface area contributed by atoms with E-state index in [0.717, 1.165) is 0 Å². The summed E-state index contributed by atoms with van der Waals surface area (Å²) in [5.74, 6) is 0.365. The van der Waals surface area contributed by atoms with Crippen LogP contribution in [0, 0.1) is 0 Å². The number of hydrogen-bond donors (Lipinski definition) is 4. The molecule has 1 heterocycles. The minimum absolute atomic E-state index is 0.171. The SMILES string of the molecule is OC[C@H]1SC[C@@H](O)[C@@H](O)[C@H]1O. The third-order valence-corrected chi connectivity index (χ3v) is 3.18. The number of hydrogen-bond acceptors (Lipinski definition) is 5. The lowest BCUT2D eigenvalue weighted by molar-refractivity contribution is -0.0595. The highest BCUT2D eigenvalue weighted by atomic mass is 32.2. The Bertz CT molecular complexity index is 130.